The minimum atomic E-state index is -1.09. The Hall–Kier alpha value is -2.63. The fourth-order valence-electron chi connectivity index (χ4n) is 8.42. The standard InChI is InChI=1S/C31H37NO4/c1-4-6-19-35-30-15-14-26(34)31(21-22-10-8-7-9-11-22)29(30)16-18-32(3,17-5-2)25(30)20-23-12-13-24(33)28(36-31)27(23)29/h5,7-13,25H,2,4,6,14-21H2,1,3H3/p+1/t25-,29-,30-,31+,32-/m1/s1. The highest BCUT2D eigenvalue weighted by Gasteiger charge is 2.82. The molecule has 5 atom stereocenters. The van der Waals surface area contributed by atoms with Crippen molar-refractivity contribution in [2.75, 3.05) is 26.7 Å². The molecule has 36 heavy (non-hydrogen) atoms. The summed E-state index contributed by atoms with van der Waals surface area (Å²) in [6.45, 7) is 8.73. The van der Waals surface area contributed by atoms with Gasteiger partial charge in [-0.05, 0) is 36.1 Å². The van der Waals surface area contributed by atoms with Crippen LogP contribution in [0.2, 0.25) is 0 Å². The lowest BCUT2D eigenvalue weighted by Gasteiger charge is -2.68. The number of ketones is 1. The van der Waals surface area contributed by atoms with Gasteiger partial charge in [0, 0.05) is 37.9 Å². The number of benzene rings is 2. The number of unbranched alkanes of at least 4 members (excludes halogenated alkanes) is 1. The van der Waals surface area contributed by atoms with Gasteiger partial charge < -0.3 is 19.1 Å². The number of aromatic hydroxyl groups is 1. The van der Waals surface area contributed by atoms with Crippen molar-refractivity contribution in [3.63, 3.8) is 0 Å². The van der Waals surface area contributed by atoms with Crippen LogP contribution in [0.3, 0.4) is 0 Å². The fraction of sp³-hybridized carbons (Fsp3) is 0.516. The molecule has 2 heterocycles. The summed E-state index contributed by atoms with van der Waals surface area (Å²) in [6.07, 6.45) is 7.30. The zero-order chi connectivity index (χ0) is 25.2. The molecule has 1 N–H and O–H groups in total. The highest BCUT2D eigenvalue weighted by atomic mass is 16.5. The second kappa shape index (κ2) is 8.19. The summed E-state index contributed by atoms with van der Waals surface area (Å²) in [7, 11) is 2.33. The molecular formula is C31H38NO4+. The molecule has 190 valence electrons. The molecule has 5 heteroatoms. The van der Waals surface area contributed by atoms with E-state index in [1.54, 1.807) is 6.07 Å². The third kappa shape index (κ3) is 2.82. The van der Waals surface area contributed by atoms with Crippen LogP contribution >= 0.6 is 0 Å². The molecule has 1 spiro atoms. The van der Waals surface area contributed by atoms with Crippen molar-refractivity contribution in [3.8, 4) is 11.5 Å². The van der Waals surface area contributed by atoms with E-state index in [2.05, 4.69) is 38.7 Å². The molecule has 2 aromatic carbocycles. The second-order valence-corrected chi connectivity index (χ2v) is 11.6. The molecule has 0 unspecified atom stereocenters. The number of phenols is 1. The van der Waals surface area contributed by atoms with Gasteiger partial charge in [0.25, 0.3) is 0 Å². The molecule has 2 aliphatic heterocycles. The van der Waals surface area contributed by atoms with Crippen LogP contribution in [0.1, 0.15) is 55.7 Å². The number of ether oxygens (including phenoxy) is 2. The first-order chi connectivity index (χ1) is 17.4. The van der Waals surface area contributed by atoms with Crippen molar-refractivity contribution in [1.82, 2.24) is 0 Å². The molecular weight excluding hydrogens is 450 g/mol. The number of carbonyl (C=O) groups excluding carboxylic acids is 1. The topological polar surface area (TPSA) is 55.8 Å². The summed E-state index contributed by atoms with van der Waals surface area (Å²) < 4.78 is 14.9. The molecule has 1 saturated heterocycles. The van der Waals surface area contributed by atoms with E-state index in [0.717, 1.165) is 54.4 Å². The Balaban J connectivity index is 1.65. The zero-order valence-corrected chi connectivity index (χ0v) is 21.6. The molecule has 2 aromatic rings. The van der Waals surface area contributed by atoms with Crippen LogP contribution < -0.4 is 4.74 Å². The van der Waals surface area contributed by atoms with E-state index in [0.29, 0.717) is 31.6 Å². The summed E-state index contributed by atoms with van der Waals surface area (Å²) in [5.41, 5.74) is 1.04. The first-order valence-electron chi connectivity index (χ1n) is 13.6. The zero-order valence-electron chi connectivity index (χ0n) is 21.6. The quantitative estimate of drug-likeness (QED) is 0.327. The van der Waals surface area contributed by atoms with Crippen LogP contribution in [0.4, 0.5) is 0 Å². The Morgan fingerprint density at radius 3 is 2.78 bits per heavy atom. The van der Waals surface area contributed by atoms with Crippen molar-refractivity contribution in [2.45, 2.75) is 74.5 Å². The van der Waals surface area contributed by atoms with Crippen LogP contribution in [0.15, 0.2) is 55.1 Å². The first-order valence-corrected chi connectivity index (χ1v) is 13.6. The van der Waals surface area contributed by atoms with E-state index in [9.17, 15) is 9.90 Å². The van der Waals surface area contributed by atoms with Gasteiger partial charge in [-0.1, -0.05) is 56.3 Å². The number of likely N-dealkylation sites (N-methyl/N-ethyl adjacent to an activating group) is 1. The Morgan fingerprint density at radius 2 is 2.03 bits per heavy atom. The van der Waals surface area contributed by atoms with Gasteiger partial charge in [0.1, 0.15) is 11.6 Å². The van der Waals surface area contributed by atoms with Crippen molar-refractivity contribution in [3.05, 3.63) is 71.8 Å². The molecule has 5 nitrogen and oxygen atoms in total. The van der Waals surface area contributed by atoms with E-state index in [1.165, 1.54) is 5.56 Å². The number of rotatable bonds is 8. The number of piperidine rings is 1. The highest BCUT2D eigenvalue weighted by molar-refractivity contribution is 5.94. The van der Waals surface area contributed by atoms with Gasteiger partial charge in [0.2, 0.25) is 0 Å². The third-order valence-corrected chi connectivity index (χ3v) is 9.91. The van der Waals surface area contributed by atoms with E-state index in [4.69, 9.17) is 9.47 Å². The number of carbonyl (C=O) groups is 1. The van der Waals surface area contributed by atoms with Crippen LogP contribution in [-0.2, 0) is 27.8 Å². The van der Waals surface area contributed by atoms with Gasteiger partial charge >= 0.3 is 0 Å². The number of quaternary nitrogens is 1. The Bertz CT molecular complexity index is 1210. The Kier molecular flexibility index (Phi) is 5.40. The van der Waals surface area contributed by atoms with Gasteiger partial charge in [-0.2, -0.15) is 0 Å². The fourth-order valence-corrected chi connectivity index (χ4v) is 8.42. The summed E-state index contributed by atoms with van der Waals surface area (Å²) in [5, 5.41) is 11.1. The maximum atomic E-state index is 14.2. The van der Waals surface area contributed by atoms with Crippen LogP contribution in [0.5, 0.6) is 11.5 Å². The van der Waals surface area contributed by atoms with Crippen LogP contribution in [0.25, 0.3) is 0 Å². The summed E-state index contributed by atoms with van der Waals surface area (Å²) in [4.78, 5) is 14.2. The largest absolute Gasteiger partial charge is 0.504 e. The Labute approximate surface area is 214 Å². The van der Waals surface area contributed by atoms with E-state index < -0.39 is 16.6 Å². The average Bonchev–Trinajstić information content (AvgIpc) is 3.18. The van der Waals surface area contributed by atoms with Gasteiger partial charge in [0.15, 0.2) is 22.9 Å². The van der Waals surface area contributed by atoms with Gasteiger partial charge in [-0.25, -0.2) is 0 Å². The number of hydrogen-bond acceptors (Lipinski definition) is 4. The lowest BCUT2D eigenvalue weighted by atomic mass is 9.43. The van der Waals surface area contributed by atoms with E-state index in [1.807, 2.05) is 24.3 Å². The summed E-state index contributed by atoms with van der Waals surface area (Å²) in [6, 6.07) is 14.2. The minimum Gasteiger partial charge on any atom is -0.504 e. The number of hydrogen-bond donors (Lipinski definition) is 1. The third-order valence-electron chi connectivity index (χ3n) is 9.91. The molecule has 4 aliphatic rings. The predicted molar refractivity (Wildman–Crippen MR) is 139 cm³/mol. The maximum absolute atomic E-state index is 14.2. The van der Waals surface area contributed by atoms with Crippen molar-refractivity contribution < 1.29 is 23.9 Å². The van der Waals surface area contributed by atoms with Gasteiger partial charge in [-0.3, -0.25) is 4.79 Å². The number of phenolic OH excluding ortho intramolecular Hbond substituents is 1. The molecule has 0 radical (unpaired) electrons. The Morgan fingerprint density at radius 1 is 1.22 bits per heavy atom. The molecule has 2 bridgehead atoms. The van der Waals surface area contributed by atoms with Gasteiger partial charge in [-0.15, -0.1) is 0 Å². The minimum absolute atomic E-state index is 0.132. The normalized spacial score (nSPS) is 35.7. The molecule has 2 fully saturated rings. The molecule has 1 saturated carbocycles. The lowest BCUT2D eigenvalue weighted by molar-refractivity contribution is -0.944. The number of Topliss-reactive ketones (excluding diaryl/α,β-unsaturated/α-hetero) is 1. The smallest absolute Gasteiger partial charge is 0.184 e. The predicted octanol–water partition coefficient (Wildman–Crippen LogP) is 4.88. The lowest BCUT2D eigenvalue weighted by Crippen LogP contribution is -2.84. The first kappa shape index (κ1) is 23.7. The summed E-state index contributed by atoms with van der Waals surface area (Å²) >= 11 is 0. The summed E-state index contributed by atoms with van der Waals surface area (Å²) in [5.74, 6) is 0.788. The molecule has 0 amide bonds. The molecule has 6 rings (SSSR count). The molecule has 0 aromatic heterocycles. The van der Waals surface area contributed by atoms with Crippen molar-refractivity contribution >= 4 is 5.78 Å². The van der Waals surface area contributed by atoms with E-state index in [-0.39, 0.29) is 17.6 Å². The van der Waals surface area contributed by atoms with Crippen molar-refractivity contribution in [1.29, 1.82) is 0 Å². The van der Waals surface area contributed by atoms with E-state index >= 15 is 0 Å². The maximum Gasteiger partial charge on any atom is 0.184 e. The monoisotopic (exact) mass is 488 g/mol. The second-order valence-electron chi connectivity index (χ2n) is 11.6. The highest BCUT2D eigenvalue weighted by Crippen LogP contribution is 2.70. The van der Waals surface area contributed by atoms with Crippen molar-refractivity contribution in [2.24, 2.45) is 0 Å². The van der Waals surface area contributed by atoms with Gasteiger partial charge in [0.05, 0.1) is 25.6 Å². The number of nitrogens with zero attached hydrogens (tertiary/aromatic N) is 1. The number of likely N-dealkylation sites (tertiary alicyclic amines) is 1. The van der Waals surface area contributed by atoms with Crippen LogP contribution in [-0.4, -0.2) is 59.4 Å². The average molecular weight is 489 g/mol. The SMILES string of the molecule is C=CC[N@+]1(C)CC[C@]23c4c5ccc(O)c4O[C@@]2(Cc2ccccc2)C(=O)CC[C@@]3(OCCCC)[C@H]1C5. The van der Waals surface area contributed by atoms with Crippen LogP contribution in [0, 0.1) is 0 Å². The molecule has 2 aliphatic carbocycles.